The second-order valence-corrected chi connectivity index (χ2v) is 4.34. The SMILES string of the molecule is O=C(/C=C/c1ccc(Cl)cc1Cl)c1occc1O. The second-order valence-electron chi connectivity index (χ2n) is 3.50. The van der Waals surface area contributed by atoms with Crippen LogP contribution in [0.15, 0.2) is 41.0 Å². The zero-order valence-electron chi connectivity index (χ0n) is 9.06. The summed E-state index contributed by atoms with van der Waals surface area (Å²) < 4.78 is 4.86. The molecule has 2 rings (SSSR count). The van der Waals surface area contributed by atoms with Crippen LogP contribution in [0, 0.1) is 0 Å². The molecule has 0 saturated carbocycles. The Morgan fingerprint density at radius 2 is 2.06 bits per heavy atom. The highest BCUT2D eigenvalue weighted by molar-refractivity contribution is 6.35. The quantitative estimate of drug-likeness (QED) is 0.678. The molecule has 0 aliphatic heterocycles. The number of aromatic hydroxyl groups is 1. The Kier molecular flexibility index (Phi) is 3.75. The number of carbonyl (C=O) groups excluding carboxylic acids is 1. The van der Waals surface area contributed by atoms with Crippen LogP contribution in [0.2, 0.25) is 10.0 Å². The van der Waals surface area contributed by atoms with Crippen molar-refractivity contribution in [1.29, 1.82) is 0 Å². The van der Waals surface area contributed by atoms with E-state index in [1.807, 2.05) is 0 Å². The molecular formula is C13H8Cl2O3. The van der Waals surface area contributed by atoms with E-state index in [0.29, 0.717) is 15.6 Å². The molecule has 0 radical (unpaired) electrons. The minimum absolute atomic E-state index is 0.101. The average Bonchev–Trinajstić information content (AvgIpc) is 2.74. The van der Waals surface area contributed by atoms with E-state index in [2.05, 4.69) is 0 Å². The van der Waals surface area contributed by atoms with Crippen LogP contribution < -0.4 is 0 Å². The van der Waals surface area contributed by atoms with Crippen molar-refractivity contribution in [3.63, 3.8) is 0 Å². The number of hydrogen-bond donors (Lipinski definition) is 1. The smallest absolute Gasteiger partial charge is 0.224 e. The van der Waals surface area contributed by atoms with Crippen molar-refractivity contribution in [2.45, 2.75) is 0 Å². The molecule has 1 heterocycles. The van der Waals surface area contributed by atoms with Gasteiger partial charge in [0.1, 0.15) is 0 Å². The monoisotopic (exact) mass is 282 g/mol. The maximum Gasteiger partial charge on any atom is 0.224 e. The number of halogens is 2. The van der Waals surface area contributed by atoms with Gasteiger partial charge in [-0.25, -0.2) is 0 Å². The van der Waals surface area contributed by atoms with Gasteiger partial charge in [0.05, 0.1) is 6.26 Å². The first-order valence-electron chi connectivity index (χ1n) is 5.02. The predicted octanol–water partition coefficient (Wildman–Crippen LogP) is 4.19. The number of benzene rings is 1. The van der Waals surface area contributed by atoms with Crippen molar-refractivity contribution in [2.75, 3.05) is 0 Å². The topological polar surface area (TPSA) is 50.4 Å². The van der Waals surface area contributed by atoms with E-state index in [1.54, 1.807) is 18.2 Å². The maximum absolute atomic E-state index is 11.7. The van der Waals surface area contributed by atoms with Gasteiger partial charge in [-0.3, -0.25) is 4.79 Å². The fourth-order valence-electron chi connectivity index (χ4n) is 1.36. The average molecular weight is 283 g/mol. The maximum atomic E-state index is 11.7. The minimum Gasteiger partial charge on any atom is -0.504 e. The molecule has 1 aromatic heterocycles. The zero-order valence-corrected chi connectivity index (χ0v) is 10.6. The van der Waals surface area contributed by atoms with Crippen molar-refractivity contribution in [3.8, 4) is 5.75 Å². The highest BCUT2D eigenvalue weighted by Crippen LogP contribution is 2.23. The second kappa shape index (κ2) is 5.29. The molecule has 92 valence electrons. The van der Waals surface area contributed by atoms with E-state index in [0.717, 1.165) is 0 Å². The molecule has 5 heteroatoms. The third-order valence-corrected chi connectivity index (χ3v) is 2.81. The summed E-state index contributed by atoms with van der Waals surface area (Å²) in [7, 11) is 0. The van der Waals surface area contributed by atoms with Gasteiger partial charge in [-0.1, -0.05) is 29.3 Å². The Morgan fingerprint density at radius 3 is 2.67 bits per heavy atom. The Morgan fingerprint density at radius 1 is 1.28 bits per heavy atom. The molecule has 0 saturated heterocycles. The lowest BCUT2D eigenvalue weighted by molar-refractivity contribution is 0.101. The number of hydrogen-bond acceptors (Lipinski definition) is 3. The van der Waals surface area contributed by atoms with E-state index in [-0.39, 0.29) is 11.5 Å². The molecule has 0 atom stereocenters. The molecule has 0 aliphatic rings. The molecule has 0 spiro atoms. The highest BCUT2D eigenvalue weighted by Gasteiger charge is 2.11. The van der Waals surface area contributed by atoms with Gasteiger partial charge in [0.2, 0.25) is 11.5 Å². The van der Waals surface area contributed by atoms with Gasteiger partial charge in [0.25, 0.3) is 0 Å². The van der Waals surface area contributed by atoms with Gasteiger partial charge in [-0.15, -0.1) is 0 Å². The summed E-state index contributed by atoms with van der Waals surface area (Å²) in [5.41, 5.74) is 0.653. The van der Waals surface area contributed by atoms with Gasteiger partial charge in [-0.2, -0.15) is 0 Å². The van der Waals surface area contributed by atoms with Crippen molar-refractivity contribution < 1.29 is 14.3 Å². The van der Waals surface area contributed by atoms with Crippen LogP contribution in [0.1, 0.15) is 16.1 Å². The summed E-state index contributed by atoms with van der Waals surface area (Å²) in [5, 5.41) is 10.3. The zero-order chi connectivity index (χ0) is 13.1. The minimum atomic E-state index is -0.441. The van der Waals surface area contributed by atoms with Crippen LogP contribution in [-0.2, 0) is 0 Å². The van der Waals surface area contributed by atoms with Gasteiger partial charge in [0, 0.05) is 16.1 Å². The number of carbonyl (C=O) groups is 1. The Balaban J connectivity index is 2.21. The predicted molar refractivity (Wildman–Crippen MR) is 70.2 cm³/mol. The van der Waals surface area contributed by atoms with Crippen LogP contribution in [-0.4, -0.2) is 10.9 Å². The first-order valence-corrected chi connectivity index (χ1v) is 5.77. The van der Waals surface area contributed by atoms with Crippen LogP contribution in [0.5, 0.6) is 5.75 Å². The standard InChI is InChI=1S/C13H8Cl2O3/c14-9-3-1-8(10(15)7-9)2-4-11(16)13-12(17)5-6-18-13/h1-7,17H/b4-2+. The third-order valence-electron chi connectivity index (χ3n) is 2.24. The van der Waals surface area contributed by atoms with E-state index in [4.69, 9.17) is 27.6 Å². The molecule has 1 N–H and O–H groups in total. The molecular weight excluding hydrogens is 275 g/mol. The van der Waals surface area contributed by atoms with Crippen molar-refractivity contribution in [2.24, 2.45) is 0 Å². The molecule has 0 aliphatic carbocycles. The van der Waals surface area contributed by atoms with E-state index < -0.39 is 5.78 Å². The molecule has 0 bridgehead atoms. The summed E-state index contributed by atoms with van der Waals surface area (Å²) in [5.74, 6) is -0.730. The molecule has 3 nitrogen and oxygen atoms in total. The van der Waals surface area contributed by atoms with Crippen molar-refractivity contribution >= 4 is 35.1 Å². The Hall–Kier alpha value is -1.71. The van der Waals surface area contributed by atoms with Crippen LogP contribution >= 0.6 is 23.2 Å². The van der Waals surface area contributed by atoms with E-state index >= 15 is 0 Å². The van der Waals surface area contributed by atoms with Crippen LogP contribution in [0.3, 0.4) is 0 Å². The van der Waals surface area contributed by atoms with E-state index in [9.17, 15) is 9.90 Å². The van der Waals surface area contributed by atoms with Crippen LogP contribution in [0.25, 0.3) is 6.08 Å². The fourth-order valence-corrected chi connectivity index (χ4v) is 1.84. The normalized spacial score (nSPS) is 11.0. The Bertz CT molecular complexity index is 614. The molecule has 0 fully saturated rings. The lowest BCUT2D eigenvalue weighted by Crippen LogP contribution is -1.91. The van der Waals surface area contributed by atoms with Crippen molar-refractivity contribution in [1.82, 2.24) is 0 Å². The summed E-state index contributed by atoms with van der Waals surface area (Å²) in [6.45, 7) is 0. The van der Waals surface area contributed by atoms with E-state index in [1.165, 1.54) is 24.5 Å². The highest BCUT2D eigenvalue weighted by atomic mass is 35.5. The number of furan rings is 1. The molecule has 18 heavy (non-hydrogen) atoms. The lowest BCUT2D eigenvalue weighted by Gasteiger charge is -1.98. The lowest BCUT2D eigenvalue weighted by atomic mass is 10.2. The molecule has 2 aromatic rings. The Labute approximate surface area is 113 Å². The van der Waals surface area contributed by atoms with Gasteiger partial charge < -0.3 is 9.52 Å². The first-order chi connectivity index (χ1) is 8.58. The fraction of sp³-hybridized carbons (Fsp3) is 0. The number of rotatable bonds is 3. The largest absolute Gasteiger partial charge is 0.504 e. The summed E-state index contributed by atoms with van der Waals surface area (Å²) in [6, 6.07) is 6.24. The number of ketones is 1. The summed E-state index contributed by atoms with van der Waals surface area (Å²) in [6.07, 6.45) is 4.04. The molecule has 1 aromatic carbocycles. The van der Waals surface area contributed by atoms with Crippen molar-refractivity contribution in [3.05, 3.63) is 58.0 Å². The van der Waals surface area contributed by atoms with Gasteiger partial charge in [-0.05, 0) is 29.8 Å². The third kappa shape index (κ3) is 2.75. The summed E-state index contributed by atoms with van der Waals surface area (Å²) >= 11 is 11.7. The first kappa shape index (κ1) is 12.7. The van der Waals surface area contributed by atoms with Gasteiger partial charge >= 0.3 is 0 Å². The van der Waals surface area contributed by atoms with Crippen LogP contribution in [0.4, 0.5) is 0 Å². The molecule has 0 unspecified atom stereocenters. The molecule has 0 amide bonds. The number of allylic oxidation sites excluding steroid dienone is 1. The van der Waals surface area contributed by atoms with Gasteiger partial charge in [0.15, 0.2) is 5.75 Å². The summed E-state index contributed by atoms with van der Waals surface area (Å²) in [4.78, 5) is 11.7.